The van der Waals surface area contributed by atoms with E-state index < -0.39 is 9.84 Å². The first-order valence-corrected chi connectivity index (χ1v) is 8.70. The molecule has 3 rings (SSSR count). The molecule has 2 fully saturated rings. The van der Waals surface area contributed by atoms with Gasteiger partial charge in [-0.1, -0.05) is 0 Å². The van der Waals surface area contributed by atoms with Crippen molar-refractivity contribution in [3.63, 3.8) is 0 Å². The van der Waals surface area contributed by atoms with E-state index in [0.29, 0.717) is 19.5 Å². The molecule has 0 bridgehead atoms. The van der Waals surface area contributed by atoms with Gasteiger partial charge in [0.15, 0.2) is 9.84 Å². The third-order valence-corrected chi connectivity index (χ3v) is 5.91. The van der Waals surface area contributed by atoms with Crippen LogP contribution in [0.4, 0.5) is 0 Å². The van der Waals surface area contributed by atoms with Gasteiger partial charge in [-0.3, -0.25) is 9.48 Å². The molecule has 110 valence electrons. The number of carbonyl (C=O) groups is 1. The zero-order valence-corrected chi connectivity index (χ0v) is 12.6. The lowest BCUT2D eigenvalue weighted by molar-refractivity contribution is -0.140. The lowest BCUT2D eigenvalue weighted by atomic mass is 10.0. The van der Waals surface area contributed by atoms with Gasteiger partial charge in [0.25, 0.3) is 0 Å². The Morgan fingerprint density at radius 2 is 2.05 bits per heavy atom. The highest BCUT2D eigenvalue weighted by Crippen LogP contribution is 2.28. The minimum Gasteiger partial charge on any atom is -0.338 e. The zero-order valence-electron chi connectivity index (χ0n) is 11.7. The Hall–Kier alpha value is -1.37. The number of hydrogen-bond donors (Lipinski definition) is 0. The number of aryl methyl sites for hydroxylation is 2. The quantitative estimate of drug-likeness (QED) is 0.788. The maximum atomic E-state index is 12.2. The Kier molecular flexibility index (Phi) is 3.12. The number of sulfone groups is 1. The lowest BCUT2D eigenvalue weighted by Crippen LogP contribution is -2.53. The highest BCUT2D eigenvalue weighted by Gasteiger charge is 2.40. The van der Waals surface area contributed by atoms with Crippen LogP contribution in [0.5, 0.6) is 0 Å². The Morgan fingerprint density at radius 3 is 2.55 bits per heavy atom. The van der Waals surface area contributed by atoms with Crippen LogP contribution in [-0.4, -0.2) is 53.6 Å². The topological polar surface area (TPSA) is 72.3 Å². The molecule has 0 aliphatic carbocycles. The number of likely N-dealkylation sites (tertiary alicyclic amines) is 1. The molecule has 0 spiro atoms. The van der Waals surface area contributed by atoms with Gasteiger partial charge in [0.05, 0.1) is 29.2 Å². The van der Waals surface area contributed by atoms with Crippen LogP contribution in [0.15, 0.2) is 6.07 Å². The third kappa shape index (κ3) is 2.34. The fraction of sp³-hybridized carbons (Fsp3) is 0.692. The second-order valence-corrected chi connectivity index (χ2v) is 8.10. The van der Waals surface area contributed by atoms with Crippen molar-refractivity contribution in [3.05, 3.63) is 17.5 Å². The van der Waals surface area contributed by atoms with Gasteiger partial charge in [-0.25, -0.2) is 8.42 Å². The van der Waals surface area contributed by atoms with Gasteiger partial charge < -0.3 is 4.90 Å². The van der Waals surface area contributed by atoms with E-state index in [2.05, 4.69) is 5.10 Å². The molecule has 6 nitrogen and oxygen atoms in total. The first-order valence-electron chi connectivity index (χ1n) is 6.88. The molecule has 0 radical (unpaired) electrons. The average Bonchev–Trinajstić information content (AvgIpc) is 2.80. The van der Waals surface area contributed by atoms with Crippen molar-refractivity contribution in [1.29, 1.82) is 0 Å². The molecule has 1 unspecified atom stereocenters. The summed E-state index contributed by atoms with van der Waals surface area (Å²) in [6.07, 6.45) is 0.474. The molecule has 20 heavy (non-hydrogen) atoms. The number of carbonyl (C=O) groups excluding carboxylic acids is 1. The van der Waals surface area contributed by atoms with E-state index in [-0.39, 0.29) is 29.4 Å². The van der Waals surface area contributed by atoms with Crippen LogP contribution < -0.4 is 0 Å². The van der Waals surface area contributed by atoms with E-state index in [1.54, 1.807) is 4.90 Å². The molecule has 2 aliphatic rings. The molecule has 1 amide bonds. The van der Waals surface area contributed by atoms with Crippen LogP contribution in [0.1, 0.15) is 23.9 Å². The van der Waals surface area contributed by atoms with Crippen molar-refractivity contribution < 1.29 is 13.2 Å². The maximum absolute atomic E-state index is 12.2. The summed E-state index contributed by atoms with van der Waals surface area (Å²) in [7, 11) is -2.99. The molecule has 0 N–H and O–H groups in total. The average molecular weight is 297 g/mol. The normalized spacial score (nSPS) is 25.7. The Balaban J connectivity index is 1.61. The SMILES string of the molecule is Cc1cc(C)n(C2CN(C(=O)C3CCS(=O)(=O)C3)C2)n1. The Morgan fingerprint density at radius 1 is 1.35 bits per heavy atom. The monoisotopic (exact) mass is 297 g/mol. The van der Waals surface area contributed by atoms with Crippen LogP contribution in [0.3, 0.4) is 0 Å². The second-order valence-electron chi connectivity index (χ2n) is 5.87. The first kappa shape index (κ1) is 13.6. The molecule has 7 heteroatoms. The van der Waals surface area contributed by atoms with Crippen LogP contribution >= 0.6 is 0 Å². The van der Waals surface area contributed by atoms with Crippen LogP contribution in [0.2, 0.25) is 0 Å². The first-order chi connectivity index (χ1) is 9.35. The molecule has 0 aromatic carbocycles. The molecule has 2 saturated heterocycles. The summed E-state index contributed by atoms with van der Waals surface area (Å²) in [4.78, 5) is 14.0. The summed E-state index contributed by atoms with van der Waals surface area (Å²) in [6, 6.07) is 2.25. The number of hydrogen-bond acceptors (Lipinski definition) is 4. The van der Waals surface area contributed by atoms with Crippen molar-refractivity contribution >= 4 is 15.7 Å². The fourth-order valence-electron chi connectivity index (χ4n) is 3.05. The summed E-state index contributed by atoms with van der Waals surface area (Å²) in [6.45, 7) is 5.23. The summed E-state index contributed by atoms with van der Waals surface area (Å²) in [5.74, 6) is -0.171. The summed E-state index contributed by atoms with van der Waals surface area (Å²) in [5, 5.41) is 4.43. The molecule has 3 heterocycles. The largest absolute Gasteiger partial charge is 0.338 e. The van der Waals surface area contributed by atoms with Gasteiger partial charge in [0.2, 0.25) is 5.91 Å². The predicted octanol–water partition coefficient (Wildman–Crippen LogP) is 0.318. The standard InChI is InChI=1S/C13H19N3O3S/c1-9-5-10(2)16(14-9)12-6-15(7-12)13(17)11-3-4-20(18,19)8-11/h5,11-12H,3-4,6-8H2,1-2H3. The smallest absolute Gasteiger partial charge is 0.226 e. The number of nitrogens with zero attached hydrogens (tertiary/aromatic N) is 3. The van der Waals surface area contributed by atoms with E-state index in [0.717, 1.165) is 11.4 Å². The highest BCUT2D eigenvalue weighted by molar-refractivity contribution is 7.91. The van der Waals surface area contributed by atoms with E-state index in [1.807, 2.05) is 24.6 Å². The summed E-state index contributed by atoms with van der Waals surface area (Å²) in [5.41, 5.74) is 2.08. The third-order valence-electron chi connectivity index (χ3n) is 4.15. The second kappa shape index (κ2) is 4.58. The molecule has 2 aliphatic heterocycles. The number of aromatic nitrogens is 2. The van der Waals surface area contributed by atoms with Crippen LogP contribution in [0, 0.1) is 19.8 Å². The van der Waals surface area contributed by atoms with Crippen LogP contribution in [-0.2, 0) is 14.6 Å². The van der Waals surface area contributed by atoms with Gasteiger partial charge in [-0.2, -0.15) is 5.10 Å². The summed E-state index contributed by atoms with van der Waals surface area (Å²) < 4.78 is 24.8. The van der Waals surface area contributed by atoms with E-state index in [1.165, 1.54) is 0 Å². The van der Waals surface area contributed by atoms with Gasteiger partial charge in [0.1, 0.15) is 0 Å². The van der Waals surface area contributed by atoms with Crippen molar-refractivity contribution in [2.75, 3.05) is 24.6 Å². The molecule has 1 atom stereocenters. The molecule has 0 saturated carbocycles. The van der Waals surface area contributed by atoms with Gasteiger partial charge in [-0.15, -0.1) is 0 Å². The molecular weight excluding hydrogens is 278 g/mol. The van der Waals surface area contributed by atoms with E-state index >= 15 is 0 Å². The molecular formula is C13H19N3O3S. The van der Waals surface area contributed by atoms with Gasteiger partial charge in [-0.05, 0) is 26.3 Å². The Bertz CT molecular complexity index is 644. The minimum absolute atomic E-state index is 0.0103. The van der Waals surface area contributed by atoms with Crippen molar-refractivity contribution in [1.82, 2.24) is 14.7 Å². The zero-order chi connectivity index (χ0) is 14.5. The summed E-state index contributed by atoms with van der Waals surface area (Å²) >= 11 is 0. The predicted molar refractivity (Wildman–Crippen MR) is 74.1 cm³/mol. The van der Waals surface area contributed by atoms with Crippen molar-refractivity contribution in [2.24, 2.45) is 5.92 Å². The highest BCUT2D eigenvalue weighted by atomic mass is 32.2. The minimum atomic E-state index is -2.99. The maximum Gasteiger partial charge on any atom is 0.226 e. The number of rotatable bonds is 2. The molecule has 1 aromatic rings. The van der Waals surface area contributed by atoms with Crippen molar-refractivity contribution in [2.45, 2.75) is 26.3 Å². The van der Waals surface area contributed by atoms with Gasteiger partial charge in [0, 0.05) is 18.8 Å². The lowest BCUT2D eigenvalue weighted by Gasteiger charge is -2.40. The van der Waals surface area contributed by atoms with E-state index in [4.69, 9.17) is 0 Å². The van der Waals surface area contributed by atoms with Gasteiger partial charge >= 0.3 is 0 Å². The molecule has 1 aromatic heterocycles. The number of amides is 1. The Labute approximate surface area is 118 Å². The fourth-order valence-corrected chi connectivity index (χ4v) is 4.79. The van der Waals surface area contributed by atoms with Crippen molar-refractivity contribution in [3.8, 4) is 0 Å². The van der Waals surface area contributed by atoms with E-state index in [9.17, 15) is 13.2 Å². The van der Waals surface area contributed by atoms with Crippen LogP contribution in [0.25, 0.3) is 0 Å².